The van der Waals surface area contributed by atoms with E-state index in [1.807, 2.05) is 91.0 Å². The number of phenols is 1. The first-order valence-corrected chi connectivity index (χ1v) is 15.6. The Morgan fingerprint density at radius 3 is 2.54 bits per heavy atom. The molecule has 1 aliphatic heterocycles. The number of hydrogen-bond donors (Lipinski definition) is 1. The molecule has 210 valence electrons. The normalized spacial score (nSPS) is 15.1. The number of rotatable bonds is 7. The molecule has 0 bridgehead atoms. The van der Waals surface area contributed by atoms with Gasteiger partial charge in [-0.1, -0.05) is 69.7 Å². The van der Waals surface area contributed by atoms with E-state index in [9.17, 15) is 14.7 Å². The number of carbonyl (C=O) groups is 1. The molecule has 1 N–H and O–H groups in total. The van der Waals surface area contributed by atoms with Crippen molar-refractivity contribution in [1.82, 2.24) is 4.57 Å². The third kappa shape index (κ3) is 6.05. The molecule has 4 aromatic rings. The summed E-state index contributed by atoms with van der Waals surface area (Å²) in [5.41, 5.74) is 2.33. The Bertz CT molecular complexity index is 1830. The molecular weight excluding hydrogens is 719 g/mol. The summed E-state index contributed by atoms with van der Waals surface area (Å²) in [5, 5.41) is 10.7. The highest BCUT2D eigenvalue weighted by atomic mass is 127. The molecule has 1 aliphatic rings. The third-order valence-electron chi connectivity index (χ3n) is 6.29. The Hall–Kier alpha value is -3.22. The highest BCUT2D eigenvalue weighted by Crippen LogP contribution is 2.36. The molecule has 0 amide bonds. The van der Waals surface area contributed by atoms with Crippen molar-refractivity contribution in [3.8, 4) is 11.5 Å². The number of hydrogen-bond acceptors (Lipinski definition) is 7. The number of aromatic hydroxyl groups is 1. The molecule has 0 saturated carbocycles. The maximum absolute atomic E-state index is 14.1. The van der Waals surface area contributed by atoms with Gasteiger partial charge in [-0.2, -0.15) is 0 Å². The quantitative estimate of drug-likeness (QED) is 0.191. The minimum Gasteiger partial charge on any atom is -0.506 e. The molecule has 5 rings (SSSR count). The SMILES string of the molecule is CCOC(=O)C1=C(c2ccccc2)N=c2s/c(=C\c3cc(Br)cc(I)c3O)c(=O)n2[C@H]1c1ccc(OC(C)C)cc1. The number of esters is 1. The van der Waals surface area contributed by atoms with Gasteiger partial charge < -0.3 is 14.6 Å². The molecule has 0 radical (unpaired) electrons. The van der Waals surface area contributed by atoms with E-state index in [2.05, 4.69) is 15.9 Å². The van der Waals surface area contributed by atoms with Crippen LogP contribution in [0.25, 0.3) is 11.8 Å². The fourth-order valence-electron chi connectivity index (χ4n) is 4.59. The molecule has 7 nitrogen and oxygen atoms in total. The number of fused-ring (bicyclic) bond motifs is 1. The van der Waals surface area contributed by atoms with Crippen molar-refractivity contribution < 1.29 is 19.4 Å². The van der Waals surface area contributed by atoms with Crippen molar-refractivity contribution in [2.45, 2.75) is 32.9 Å². The Balaban J connectivity index is 1.80. The van der Waals surface area contributed by atoms with Crippen LogP contribution in [0.5, 0.6) is 11.5 Å². The number of ether oxygens (including phenoxy) is 2. The number of aromatic nitrogens is 1. The van der Waals surface area contributed by atoms with Gasteiger partial charge in [0.15, 0.2) is 4.80 Å². The van der Waals surface area contributed by atoms with Crippen LogP contribution in [0.1, 0.15) is 43.5 Å². The first-order chi connectivity index (χ1) is 19.7. The zero-order chi connectivity index (χ0) is 29.3. The maximum Gasteiger partial charge on any atom is 0.338 e. The smallest absolute Gasteiger partial charge is 0.338 e. The molecule has 1 atom stereocenters. The zero-order valence-corrected chi connectivity index (χ0v) is 27.0. The first-order valence-electron chi connectivity index (χ1n) is 12.9. The van der Waals surface area contributed by atoms with Crippen molar-refractivity contribution in [3.63, 3.8) is 0 Å². The summed E-state index contributed by atoms with van der Waals surface area (Å²) in [6.45, 7) is 5.81. The van der Waals surface area contributed by atoms with Gasteiger partial charge in [-0.25, -0.2) is 9.79 Å². The van der Waals surface area contributed by atoms with Gasteiger partial charge >= 0.3 is 5.97 Å². The maximum atomic E-state index is 14.1. The summed E-state index contributed by atoms with van der Waals surface area (Å²) in [5.74, 6) is 0.214. The Morgan fingerprint density at radius 2 is 1.88 bits per heavy atom. The number of nitrogens with zero attached hydrogens (tertiary/aromatic N) is 2. The highest BCUT2D eigenvalue weighted by molar-refractivity contribution is 14.1. The molecule has 0 spiro atoms. The minimum atomic E-state index is -0.799. The monoisotopic (exact) mass is 744 g/mol. The lowest BCUT2D eigenvalue weighted by Gasteiger charge is -2.26. The number of halogens is 2. The van der Waals surface area contributed by atoms with E-state index in [0.717, 1.165) is 10.0 Å². The summed E-state index contributed by atoms with van der Waals surface area (Å²) >= 11 is 6.71. The Kier molecular flexibility index (Phi) is 8.81. The summed E-state index contributed by atoms with van der Waals surface area (Å²) in [6, 6.07) is 19.5. The van der Waals surface area contributed by atoms with Crippen molar-refractivity contribution >= 4 is 67.6 Å². The van der Waals surface area contributed by atoms with Crippen LogP contribution in [0.2, 0.25) is 0 Å². The molecule has 41 heavy (non-hydrogen) atoms. The Morgan fingerprint density at radius 1 is 1.17 bits per heavy atom. The molecule has 10 heteroatoms. The second-order valence-electron chi connectivity index (χ2n) is 9.49. The standard InChI is InChI=1S/C31H26BrIN2O5S/c1-4-39-30(38)25-26(18-8-6-5-7-9-18)34-31-35(27(25)19-10-12-22(13-11-19)40-17(2)3)29(37)24(41-31)15-20-14-21(32)16-23(33)28(20)36/h5-17,27,36H,4H2,1-3H3/b24-15-/t27-/m0/s1. The van der Waals surface area contributed by atoms with Crippen LogP contribution in [0.3, 0.4) is 0 Å². The minimum absolute atomic E-state index is 0.00399. The molecule has 0 aliphatic carbocycles. The molecule has 0 fully saturated rings. The lowest BCUT2D eigenvalue weighted by Crippen LogP contribution is -2.40. The van der Waals surface area contributed by atoms with Crippen molar-refractivity contribution in [2.75, 3.05) is 6.61 Å². The average molecular weight is 745 g/mol. The summed E-state index contributed by atoms with van der Waals surface area (Å²) < 4.78 is 14.7. The molecule has 1 aromatic heterocycles. The summed E-state index contributed by atoms with van der Waals surface area (Å²) in [4.78, 5) is 32.9. The number of phenolic OH excluding ortho intramolecular Hbond substituents is 1. The second kappa shape index (κ2) is 12.3. The van der Waals surface area contributed by atoms with Crippen LogP contribution in [-0.2, 0) is 9.53 Å². The van der Waals surface area contributed by atoms with Crippen molar-refractivity contribution in [3.05, 3.63) is 117 Å². The van der Waals surface area contributed by atoms with E-state index >= 15 is 0 Å². The van der Waals surface area contributed by atoms with Gasteiger partial charge in [0.1, 0.15) is 11.5 Å². The van der Waals surface area contributed by atoms with E-state index in [1.165, 1.54) is 15.9 Å². The predicted octanol–water partition coefficient (Wildman–Crippen LogP) is 5.80. The number of thiazole rings is 1. The van der Waals surface area contributed by atoms with E-state index < -0.39 is 12.0 Å². The van der Waals surface area contributed by atoms with Crippen molar-refractivity contribution in [1.29, 1.82) is 0 Å². The van der Waals surface area contributed by atoms with Crippen LogP contribution >= 0.6 is 49.9 Å². The third-order valence-corrected chi connectivity index (χ3v) is 8.55. The average Bonchev–Trinajstić information content (AvgIpc) is 3.25. The molecule has 3 aromatic carbocycles. The lowest BCUT2D eigenvalue weighted by molar-refractivity contribution is -0.138. The van der Waals surface area contributed by atoms with E-state index in [0.29, 0.717) is 35.5 Å². The second-order valence-corrected chi connectivity index (χ2v) is 12.6. The van der Waals surface area contributed by atoms with Crippen LogP contribution in [0.15, 0.2) is 86.6 Å². The zero-order valence-electron chi connectivity index (χ0n) is 22.4. The van der Waals surface area contributed by atoms with Gasteiger partial charge in [0.2, 0.25) is 0 Å². The van der Waals surface area contributed by atoms with Gasteiger partial charge in [0, 0.05) is 15.6 Å². The molecular formula is C31H26BrIN2O5S. The molecule has 0 saturated heterocycles. The van der Waals surface area contributed by atoms with Gasteiger partial charge in [-0.3, -0.25) is 9.36 Å². The van der Waals surface area contributed by atoms with Gasteiger partial charge in [0.25, 0.3) is 5.56 Å². The van der Waals surface area contributed by atoms with Crippen LogP contribution < -0.4 is 19.6 Å². The molecule has 2 heterocycles. The van der Waals surface area contributed by atoms with Crippen molar-refractivity contribution in [2.24, 2.45) is 4.99 Å². The fraction of sp³-hybridized carbons (Fsp3) is 0.194. The highest BCUT2D eigenvalue weighted by Gasteiger charge is 2.35. The van der Waals surface area contributed by atoms with Gasteiger partial charge in [-0.05, 0) is 79.3 Å². The van der Waals surface area contributed by atoms with Crippen LogP contribution in [0, 0.1) is 3.57 Å². The fourth-order valence-corrected chi connectivity index (χ4v) is 7.14. The number of carbonyl (C=O) groups excluding carboxylic acids is 1. The summed E-state index contributed by atoms with van der Waals surface area (Å²) in [7, 11) is 0. The topological polar surface area (TPSA) is 90.1 Å². The van der Waals surface area contributed by atoms with E-state index in [4.69, 9.17) is 14.5 Å². The largest absolute Gasteiger partial charge is 0.506 e. The molecule has 0 unspecified atom stereocenters. The number of benzene rings is 3. The van der Waals surface area contributed by atoms with Gasteiger partial charge in [0.05, 0.1) is 38.1 Å². The Labute approximate surface area is 262 Å². The first kappa shape index (κ1) is 29.3. The van der Waals surface area contributed by atoms with Gasteiger partial charge in [-0.15, -0.1) is 0 Å². The van der Waals surface area contributed by atoms with E-state index in [-0.39, 0.29) is 29.6 Å². The predicted molar refractivity (Wildman–Crippen MR) is 172 cm³/mol. The van der Waals surface area contributed by atoms with E-state index in [1.54, 1.807) is 25.1 Å². The van der Waals surface area contributed by atoms with Crippen LogP contribution in [-0.4, -0.2) is 28.4 Å². The summed E-state index contributed by atoms with van der Waals surface area (Å²) in [6.07, 6.45) is 1.65. The lowest BCUT2D eigenvalue weighted by atomic mass is 9.93. The van der Waals surface area contributed by atoms with Crippen LogP contribution in [0.4, 0.5) is 0 Å².